The third-order valence-corrected chi connectivity index (χ3v) is 5.43. The Morgan fingerprint density at radius 2 is 2.53 bits per heavy atom. The highest BCUT2D eigenvalue weighted by atomic mass is 32.2. The lowest BCUT2D eigenvalue weighted by molar-refractivity contribution is -0.0735. The van der Waals surface area contributed by atoms with Crippen molar-refractivity contribution in [2.75, 3.05) is 18.1 Å². The standard InChI is InChI=1S/C12H15NO2S2/c14-11(10-6-17-8-13-10)9-1-3-15-12(5-9)2-4-16-7-12/h6,8-9H,1-5,7H2. The summed E-state index contributed by atoms with van der Waals surface area (Å²) in [5.41, 5.74) is 2.36. The van der Waals surface area contributed by atoms with E-state index in [2.05, 4.69) is 4.98 Å². The van der Waals surface area contributed by atoms with Crippen LogP contribution in [0, 0.1) is 5.92 Å². The van der Waals surface area contributed by atoms with Gasteiger partial charge in [-0.2, -0.15) is 11.8 Å². The van der Waals surface area contributed by atoms with E-state index in [1.54, 1.807) is 5.51 Å². The van der Waals surface area contributed by atoms with Crippen molar-refractivity contribution in [1.82, 2.24) is 4.98 Å². The highest BCUT2D eigenvalue weighted by Gasteiger charge is 2.42. The van der Waals surface area contributed by atoms with E-state index in [4.69, 9.17) is 4.74 Å². The summed E-state index contributed by atoms with van der Waals surface area (Å²) < 4.78 is 5.93. The molecule has 0 amide bonds. The monoisotopic (exact) mass is 269 g/mol. The van der Waals surface area contributed by atoms with Gasteiger partial charge in [-0.3, -0.25) is 4.79 Å². The van der Waals surface area contributed by atoms with Crippen LogP contribution in [0.1, 0.15) is 29.8 Å². The summed E-state index contributed by atoms with van der Waals surface area (Å²) in [6.07, 6.45) is 2.83. The first-order valence-corrected chi connectivity index (χ1v) is 8.03. The van der Waals surface area contributed by atoms with Crippen LogP contribution in [0.5, 0.6) is 0 Å². The largest absolute Gasteiger partial charge is 0.374 e. The zero-order valence-corrected chi connectivity index (χ0v) is 11.2. The average molecular weight is 269 g/mol. The van der Waals surface area contributed by atoms with E-state index in [-0.39, 0.29) is 17.3 Å². The van der Waals surface area contributed by atoms with E-state index in [1.807, 2.05) is 17.1 Å². The van der Waals surface area contributed by atoms with Crippen LogP contribution in [0.4, 0.5) is 0 Å². The Morgan fingerprint density at radius 1 is 1.59 bits per heavy atom. The molecule has 2 aliphatic rings. The number of aromatic nitrogens is 1. The number of carbonyl (C=O) groups is 1. The van der Waals surface area contributed by atoms with Crippen LogP contribution in [0.3, 0.4) is 0 Å². The maximum atomic E-state index is 12.3. The van der Waals surface area contributed by atoms with E-state index in [0.29, 0.717) is 5.69 Å². The molecule has 0 bridgehead atoms. The van der Waals surface area contributed by atoms with Gasteiger partial charge in [0.2, 0.25) is 0 Å². The Morgan fingerprint density at radius 3 is 3.24 bits per heavy atom. The molecule has 92 valence electrons. The lowest BCUT2D eigenvalue weighted by Gasteiger charge is -2.36. The molecule has 0 aliphatic carbocycles. The molecule has 2 unspecified atom stereocenters. The van der Waals surface area contributed by atoms with Gasteiger partial charge in [-0.1, -0.05) is 0 Å². The van der Waals surface area contributed by atoms with E-state index in [9.17, 15) is 4.79 Å². The molecular formula is C12H15NO2S2. The molecule has 2 saturated heterocycles. The maximum absolute atomic E-state index is 12.3. The van der Waals surface area contributed by atoms with Crippen LogP contribution < -0.4 is 0 Å². The van der Waals surface area contributed by atoms with Gasteiger partial charge in [0.25, 0.3) is 0 Å². The summed E-state index contributed by atoms with van der Waals surface area (Å²) in [5.74, 6) is 2.54. The van der Waals surface area contributed by atoms with Gasteiger partial charge < -0.3 is 4.74 Å². The second kappa shape index (κ2) is 4.71. The fourth-order valence-corrected chi connectivity index (χ4v) is 4.58. The molecule has 1 aromatic heterocycles. The third kappa shape index (κ3) is 2.28. The van der Waals surface area contributed by atoms with Gasteiger partial charge in [0.15, 0.2) is 5.78 Å². The summed E-state index contributed by atoms with van der Waals surface area (Å²) in [5, 5.41) is 1.86. The van der Waals surface area contributed by atoms with Gasteiger partial charge >= 0.3 is 0 Å². The minimum absolute atomic E-state index is 0.0146. The van der Waals surface area contributed by atoms with Crippen molar-refractivity contribution in [1.29, 1.82) is 0 Å². The number of hydrogen-bond acceptors (Lipinski definition) is 5. The van der Waals surface area contributed by atoms with Crippen LogP contribution in [-0.4, -0.2) is 34.5 Å². The van der Waals surface area contributed by atoms with Gasteiger partial charge in [0.1, 0.15) is 5.69 Å². The zero-order valence-electron chi connectivity index (χ0n) is 9.55. The number of Topliss-reactive ketones (excluding diaryl/α,β-unsaturated/α-hetero) is 1. The summed E-state index contributed by atoms with van der Waals surface area (Å²) in [6.45, 7) is 0.723. The second-order valence-electron chi connectivity index (χ2n) is 4.76. The molecule has 0 radical (unpaired) electrons. The minimum atomic E-state index is -0.0146. The van der Waals surface area contributed by atoms with Gasteiger partial charge in [-0.15, -0.1) is 11.3 Å². The molecule has 17 heavy (non-hydrogen) atoms. The summed E-state index contributed by atoms with van der Waals surface area (Å²) in [6, 6.07) is 0. The van der Waals surface area contributed by atoms with Crippen LogP contribution >= 0.6 is 23.1 Å². The van der Waals surface area contributed by atoms with Crippen molar-refractivity contribution in [3.05, 3.63) is 16.6 Å². The average Bonchev–Trinajstić information content (AvgIpc) is 3.00. The number of thiazole rings is 1. The molecule has 2 aliphatic heterocycles. The summed E-state index contributed by atoms with van der Waals surface area (Å²) >= 11 is 3.43. The fourth-order valence-electron chi connectivity index (χ4n) is 2.66. The lowest BCUT2D eigenvalue weighted by atomic mass is 9.82. The first kappa shape index (κ1) is 11.7. The Kier molecular flexibility index (Phi) is 3.23. The topological polar surface area (TPSA) is 39.2 Å². The predicted octanol–water partition coefficient (Wildman–Crippen LogP) is 2.63. The number of hydrogen-bond donors (Lipinski definition) is 0. The normalized spacial score (nSPS) is 33.1. The van der Waals surface area contributed by atoms with Crippen LogP contribution in [0.25, 0.3) is 0 Å². The van der Waals surface area contributed by atoms with Crippen molar-refractivity contribution in [2.45, 2.75) is 24.9 Å². The van der Waals surface area contributed by atoms with Gasteiger partial charge in [0.05, 0.1) is 11.1 Å². The first-order chi connectivity index (χ1) is 8.29. The van der Waals surface area contributed by atoms with Crippen molar-refractivity contribution in [3.8, 4) is 0 Å². The second-order valence-corrected chi connectivity index (χ2v) is 6.59. The first-order valence-electron chi connectivity index (χ1n) is 5.93. The van der Waals surface area contributed by atoms with Gasteiger partial charge in [-0.05, 0) is 25.0 Å². The molecule has 1 aromatic rings. The third-order valence-electron chi connectivity index (χ3n) is 3.62. The molecule has 0 aromatic carbocycles. The van der Waals surface area contributed by atoms with E-state index < -0.39 is 0 Å². The van der Waals surface area contributed by atoms with Gasteiger partial charge in [-0.25, -0.2) is 4.98 Å². The van der Waals surface area contributed by atoms with E-state index in [0.717, 1.165) is 37.4 Å². The number of ketones is 1. The van der Waals surface area contributed by atoms with E-state index in [1.165, 1.54) is 11.3 Å². The molecule has 1 spiro atoms. The summed E-state index contributed by atoms with van der Waals surface area (Å²) in [4.78, 5) is 16.4. The predicted molar refractivity (Wildman–Crippen MR) is 69.8 cm³/mol. The molecule has 0 N–H and O–H groups in total. The highest BCUT2D eigenvalue weighted by molar-refractivity contribution is 7.99. The Bertz CT molecular complexity index is 399. The van der Waals surface area contributed by atoms with Crippen molar-refractivity contribution in [2.24, 2.45) is 5.92 Å². The van der Waals surface area contributed by atoms with Crippen molar-refractivity contribution >= 4 is 28.9 Å². The molecule has 2 atom stereocenters. The summed E-state index contributed by atoms with van der Waals surface area (Å²) in [7, 11) is 0. The highest BCUT2D eigenvalue weighted by Crippen LogP contribution is 2.41. The molecule has 0 saturated carbocycles. The van der Waals surface area contributed by atoms with Crippen molar-refractivity contribution < 1.29 is 9.53 Å². The van der Waals surface area contributed by atoms with Crippen LogP contribution in [-0.2, 0) is 4.74 Å². The Labute approximate surface area is 109 Å². The fraction of sp³-hybridized carbons (Fsp3) is 0.667. The lowest BCUT2D eigenvalue weighted by Crippen LogP contribution is -2.42. The quantitative estimate of drug-likeness (QED) is 0.774. The molecule has 3 nitrogen and oxygen atoms in total. The number of ether oxygens (including phenoxy) is 1. The maximum Gasteiger partial charge on any atom is 0.185 e. The molecular weight excluding hydrogens is 254 g/mol. The number of nitrogens with zero attached hydrogens (tertiary/aromatic N) is 1. The molecule has 3 heterocycles. The van der Waals surface area contributed by atoms with Crippen LogP contribution in [0.15, 0.2) is 10.9 Å². The molecule has 2 fully saturated rings. The Balaban J connectivity index is 1.73. The number of carbonyl (C=O) groups excluding carboxylic acids is 1. The molecule has 5 heteroatoms. The van der Waals surface area contributed by atoms with Gasteiger partial charge in [0, 0.05) is 23.7 Å². The Hall–Kier alpha value is -0.390. The minimum Gasteiger partial charge on any atom is -0.374 e. The number of thioether (sulfide) groups is 1. The molecule has 3 rings (SSSR count). The number of rotatable bonds is 2. The zero-order chi connectivity index (χ0) is 11.7. The SMILES string of the molecule is O=C(c1cscn1)C1CCOC2(CCSC2)C1. The van der Waals surface area contributed by atoms with E-state index >= 15 is 0 Å². The van der Waals surface area contributed by atoms with Crippen molar-refractivity contribution in [3.63, 3.8) is 0 Å². The smallest absolute Gasteiger partial charge is 0.185 e. The van der Waals surface area contributed by atoms with Crippen LogP contribution in [0.2, 0.25) is 0 Å².